The molecule has 0 spiro atoms. The number of pyridine rings is 2. The Hall–Kier alpha value is -3.92. The Morgan fingerprint density at radius 1 is 1.03 bits per heavy atom. The van der Waals surface area contributed by atoms with E-state index in [1.807, 2.05) is 69.3 Å². The second kappa shape index (κ2) is 10.3. The Bertz CT molecular complexity index is 1260. The highest BCUT2D eigenvalue weighted by atomic mass is 32.2. The first-order chi connectivity index (χ1) is 16.4. The van der Waals surface area contributed by atoms with Crippen molar-refractivity contribution >= 4 is 35.4 Å². The highest BCUT2D eigenvalue weighted by Gasteiger charge is 2.17. The topological polar surface area (TPSA) is 115 Å². The molecule has 10 heteroatoms. The largest absolute Gasteiger partial charge is 0.444 e. The fraction of sp³-hybridized carbons (Fsp3) is 0.208. The van der Waals surface area contributed by atoms with Crippen LogP contribution in [0.5, 0.6) is 0 Å². The number of benzene rings is 1. The van der Waals surface area contributed by atoms with Crippen molar-refractivity contribution in [2.45, 2.75) is 37.2 Å². The summed E-state index contributed by atoms with van der Waals surface area (Å²) in [4.78, 5) is 20.7. The molecule has 0 unspecified atom stereocenters. The number of ether oxygens (including phenoxy) is 1. The van der Waals surface area contributed by atoms with Crippen molar-refractivity contribution in [3.05, 3.63) is 72.6 Å². The van der Waals surface area contributed by atoms with Gasteiger partial charge in [0.1, 0.15) is 16.4 Å². The van der Waals surface area contributed by atoms with Crippen molar-refractivity contribution in [3.63, 3.8) is 0 Å². The number of nitrogens with zero attached hydrogens (tertiary/aromatic N) is 4. The van der Waals surface area contributed by atoms with E-state index in [0.29, 0.717) is 23.5 Å². The fourth-order valence-corrected chi connectivity index (χ4v) is 3.82. The third-order valence-corrected chi connectivity index (χ3v) is 5.36. The minimum absolute atomic E-state index is 0.299. The molecule has 3 aromatic heterocycles. The number of amides is 1. The van der Waals surface area contributed by atoms with E-state index in [1.54, 1.807) is 18.5 Å². The molecule has 0 bridgehead atoms. The first kappa shape index (κ1) is 23.2. The maximum Gasteiger partial charge on any atom is 0.413 e. The van der Waals surface area contributed by atoms with Crippen LogP contribution >= 0.6 is 11.8 Å². The lowest BCUT2D eigenvalue weighted by molar-refractivity contribution is 0.0635. The van der Waals surface area contributed by atoms with E-state index in [-0.39, 0.29) is 0 Å². The normalized spacial score (nSPS) is 11.1. The summed E-state index contributed by atoms with van der Waals surface area (Å²) in [6, 6.07) is 17.3. The first-order valence-electron chi connectivity index (χ1n) is 10.5. The second-order valence-corrected chi connectivity index (χ2v) is 9.19. The SMILES string of the molecule is CC(C)(C)OC(=O)Nc1cc(CSc2ncccc2-c2nnc(Nc3ccccc3)o2)ccn1. The van der Waals surface area contributed by atoms with Crippen LogP contribution in [0.3, 0.4) is 0 Å². The number of hydrogen-bond donors (Lipinski definition) is 2. The molecule has 34 heavy (non-hydrogen) atoms. The fourth-order valence-electron chi connectivity index (χ4n) is 2.89. The summed E-state index contributed by atoms with van der Waals surface area (Å²) < 4.78 is 11.1. The Morgan fingerprint density at radius 2 is 1.85 bits per heavy atom. The van der Waals surface area contributed by atoms with Gasteiger partial charge in [0.2, 0.25) is 0 Å². The molecule has 9 nitrogen and oxygen atoms in total. The van der Waals surface area contributed by atoms with E-state index >= 15 is 0 Å². The van der Waals surface area contributed by atoms with E-state index in [0.717, 1.165) is 21.8 Å². The molecule has 0 aliphatic rings. The number of nitrogens with one attached hydrogen (secondary N) is 2. The molecule has 3 heterocycles. The molecule has 0 saturated carbocycles. The highest BCUT2D eigenvalue weighted by Crippen LogP contribution is 2.32. The van der Waals surface area contributed by atoms with Crippen molar-refractivity contribution in [3.8, 4) is 11.5 Å². The van der Waals surface area contributed by atoms with Gasteiger partial charge < -0.3 is 14.5 Å². The Balaban J connectivity index is 1.43. The van der Waals surface area contributed by atoms with Gasteiger partial charge in [-0.25, -0.2) is 14.8 Å². The predicted octanol–water partition coefficient (Wildman–Crippen LogP) is 5.91. The van der Waals surface area contributed by atoms with E-state index in [9.17, 15) is 4.79 Å². The molecule has 0 saturated heterocycles. The maximum atomic E-state index is 12.0. The predicted molar refractivity (Wildman–Crippen MR) is 131 cm³/mol. The van der Waals surface area contributed by atoms with Gasteiger partial charge in [-0.05, 0) is 62.7 Å². The summed E-state index contributed by atoms with van der Waals surface area (Å²) in [5.41, 5.74) is 1.96. The Morgan fingerprint density at radius 3 is 2.65 bits per heavy atom. The summed E-state index contributed by atoms with van der Waals surface area (Å²) >= 11 is 1.51. The number of hydrogen-bond acceptors (Lipinski definition) is 9. The smallest absolute Gasteiger partial charge is 0.413 e. The molecule has 0 radical (unpaired) electrons. The van der Waals surface area contributed by atoms with Gasteiger partial charge in [-0.15, -0.1) is 16.9 Å². The number of carbonyl (C=O) groups excluding carboxylic acids is 1. The second-order valence-electron chi connectivity index (χ2n) is 8.22. The van der Waals surface area contributed by atoms with Crippen LogP contribution < -0.4 is 10.6 Å². The lowest BCUT2D eigenvalue weighted by atomic mass is 10.2. The molecule has 4 rings (SSSR count). The van der Waals surface area contributed by atoms with E-state index in [4.69, 9.17) is 9.15 Å². The van der Waals surface area contributed by atoms with Gasteiger partial charge in [-0.2, -0.15) is 0 Å². The van der Waals surface area contributed by atoms with E-state index < -0.39 is 11.7 Å². The van der Waals surface area contributed by atoms with Gasteiger partial charge in [0.05, 0.1) is 5.56 Å². The maximum absolute atomic E-state index is 12.0. The highest BCUT2D eigenvalue weighted by molar-refractivity contribution is 7.98. The third-order valence-electron chi connectivity index (χ3n) is 4.28. The molecule has 1 amide bonds. The van der Waals surface area contributed by atoms with Crippen LogP contribution in [0.15, 0.2) is 76.4 Å². The van der Waals surface area contributed by atoms with Crippen LogP contribution in [-0.4, -0.2) is 31.9 Å². The monoisotopic (exact) mass is 476 g/mol. The van der Waals surface area contributed by atoms with Crippen LogP contribution in [0.1, 0.15) is 26.3 Å². The van der Waals surface area contributed by atoms with Gasteiger partial charge in [0, 0.05) is 23.8 Å². The number of anilines is 3. The average Bonchev–Trinajstić information content (AvgIpc) is 3.26. The van der Waals surface area contributed by atoms with Gasteiger partial charge in [-0.1, -0.05) is 23.3 Å². The van der Waals surface area contributed by atoms with Crippen molar-refractivity contribution in [1.82, 2.24) is 20.2 Å². The number of para-hydroxylation sites is 1. The lowest BCUT2D eigenvalue weighted by Gasteiger charge is -2.19. The molecule has 0 aliphatic carbocycles. The molecule has 4 aromatic rings. The van der Waals surface area contributed by atoms with Crippen molar-refractivity contribution in [2.24, 2.45) is 0 Å². The quantitative estimate of drug-likeness (QED) is 0.314. The standard InChI is InChI=1S/C24H24N6O3S/c1-24(2,3)33-23(31)28-19-14-16(11-13-25-19)15-34-21-18(10-7-12-26-21)20-29-30-22(32-20)27-17-8-5-4-6-9-17/h4-14H,15H2,1-3H3,(H,27,30)(H,25,28,31). The van der Waals surface area contributed by atoms with Gasteiger partial charge in [0.25, 0.3) is 5.89 Å². The average molecular weight is 477 g/mol. The number of rotatable bonds is 7. The summed E-state index contributed by atoms with van der Waals surface area (Å²) in [6.07, 6.45) is 2.81. The number of carbonyl (C=O) groups is 1. The Kier molecular flexibility index (Phi) is 7.07. The van der Waals surface area contributed by atoms with Gasteiger partial charge in [0.15, 0.2) is 0 Å². The zero-order valence-corrected chi connectivity index (χ0v) is 19.8. The van der Waals surface area contributed by atoms with Gasteiger partial charge in [-0.3, -0.25) is 5.32 Å². The van der Waals surface area contributed by atoms with Crippen LogP contribution in [0, 0.1) is 0 Å². The number of aromatic nitrogens is 4. The first-order valence-corrected chi connectivity index (χ1v) is 11.5. The zero-order chi connectivity index (χ0) is 24.0. The molecular formula is C24H24N6O3S. The minimum atomic E-state index is -0.585. The lowest BCUT2D eigenvalue weighted by Crippen LogP contribution is -2.27. The van der Waals surface area contributed by atoms with Crippen LogP contribution in [0.2, 0.25) is 0 Å². The molecule has 0 fully saturated rings. The van der Waals surface area contributed by atoms with Crippen LogP contribution in [-0.2, 0) is 10.5 Å². The molecule has 2 N–H and O–H groups in total. The van der Waals surface area contributed by atoms with E-state index in [2.05, 4.69) is 30.8 Å². The summed E-state index contributed by atoms with van der Waals surface area (Å²) in [5.74, 6) is 1.39. The molecular weight excluding hydrogens is 452 g/mol. The zero-order valence-electron chi connectivity index (χ0n) is 19.0. The van der Waals surface area contributed by atoms with Crippen LogP contribution in [0.4, 0.5) is 22.3 Å². The molecule has 1 aromatic carbocycles. The molecule has 0 atom stereocenters. The van der Waals surface area contributed by atoms with Crippen LogP contribution in [0.25, 0.3) is 11.5 Å². The summed E-state index contributed by atoms with van der Waals surface area (Å²) in [6.45, 7) is 5.42. The molecule has 174 valence electrons. The molecule has 0 aliphatic heterocycles. The van der Waals surface area contributed by atoms with E-state index in [1.165, 1.54) is 11.8 Å². The van der Waals surface area contributed by atoms with Crippen molar-refractivity contribution < 1.29 is 13.9 Å². The minimum Gasteiger partial charge on any atom is -0.444 e. The summed E-state index contributed by atoms with van der Waals surface area (Å²) in [7, 11) is 0. The van der Waals surface area contributed by atoms with Crippen molar-refractivity contribution in [2.75, 3.05) is 10.6 Å². The third kappa shape index (κ3) is 6.55. The number of thioether (sulfide) groups is 1. The van der Waals surface area contributed by atoms with Gasteiger partial charge >= 0.3 is 12.1 Å². The Labute approximate surface area is 201 Å². The van der Waals surface area contributed by atoms with Crippen molar-refractivity contribution in [1.29, 1.82) is 0 Å². The summed E-state index contributed by atoms with van der Waals surface area (Å²) in [5, 5.41) is 14.8.